The average Bonchev–Trinajstić information content (AvgIpc) is 2.62. The van der Waals surface area contributed by atoms with Gasteiger partial charge in [0, 0.05) is 5.88 Å². The van der Waals surface area contributed by atoms with Crippen LogP contribution in [0.2, 0.25) is 0 Å². The highest BCUT2D eigenvalue weighted by molar-refractivity contribution is 6.17. The molecule has 3 rings (SSSR count). The predicted molar refractivity (Wildman–Crippen MR) is 107 cm³/mol. The van der Waals surface area contributed by atoms with Crippen LogP contribution in [0, 0.1) is 13.8 Å². The number of hydrogen-bond donors (Lipinski definition) is 0. The van der Waals surface area contributed by atoms with Crippen molar-refractivity contribution >= 4 is 29.3 Å². The van der Waals surface area contributed by atoms with E-state index in [2.05, 4.69) is 80.6 Å². The van der Waals surface area contributed by atoms with E-state index in [1.54, 1.807) is 0 Å². The molecule has 0 spiro atoms. The van der Waals surface area contributed by atoms with Gasteiger partial charge in [0.2, 0.25) is 0 Å². The third-order valence-electron chi connectivity index (χ3n) is 4.61. The third kappa shape index (κ3) is 3.71. The van der Waals surface area contributed by atoms with E-state index in [-0.39, 0.29) is 0 Å². The van der Waals surface area contributed by atoms with Crippen LogP contribution in [0.5, 0.6) is 0 Å². The second kappa shape index (κ2) is 7.68. The minimum atomic E-state index is 0.564. The van der Waals surface area contributed by atoms with Crippen molar-refractivity contribution in [3.63, 3.8) is 0 Å². The van der Waals surface area contributed by atoms with Gasteiger partial charge in [-0.25, -0.2) is 0 Å². The number of rotatable bonds is 4. The van der Waals surface area contributed by atoms with Gasteiger partial charge in [0.25, 0.3) is 0 Å². The van der Waals surface area contributed by atoms with E-state index in [1.165, 1.54) is 39.0 Å². The van der Waals surface area contributed by atoms with Gasteiger partial charge in [-0.05, 0) is 65.6 Å². The van der Waals surface area contributed by atoms with E-state index in [0.29, 0.717) is 5.88 Å². The molecule has 0 bridgehead atoms. The number of halogens is 1. The third-order valence-corrected chi connectivity index (χ3v) is 4.92. The van der Waals surface area contributed by atoms with Gasteiger partial charge in [0.1, 0.15) is 0 Å². The molecule has 122 valence electrons. The highest BCUT2D eigenvalue weighted by Gasteiger charge is 2.07. The van der Waals surface area contributed by atoms with E-state index in [1.807, 2.05) is 0 Å². The van der Waals surface area contributed by atoms with E-state index in [4.69, 9.17) is 11.6 Å². The minimum Gasteiger partial charge on any atom is -0.122 e. The average molecular weight is 335 g/mol. The van der Waals surface area contributed by atoms with Crippen molar-refractivity contribution in [2.24, 2.45) is 0 Å². The van der Waals surface area contributed by atoms with Crippen molar-refractivity contribution in [3.8, 4) is 0 Å². The van der Waals surface area contributed by atoms with Gasteiger partial charge >= 0.3 is 0 Å². The fourth-order valence-corrected chi connectivity index (χ4v) is 3.31. The highest BCUT2D eigenvalue weighted by Crippen LogP contribution is 2.27. The number of benzene rings is 2. The van der Waals surface area contributed by atoms with Gasteiger partial charge in [-0.15, -0.1) is 11.6 Å². The minimum absolute atomic E-state index is 0.564. The molecule has 2 aromatic carbocycles. The molecule has 0 saturated carbocycles. The Hall–Kier alpha value is -2.05. The molecule has 0 radical (unpaired) electrons. The molecule has 0 heterocycles. The quantitative estimate of drug-likeness (QED) is 0.419. The first-order valence-electron chi connectivity index (χ1n) is 8.49. The Balaban J connectivity index is 1.90. The lowest BCUT2D eigenvalue weighted by molar-refractivity contribution is 1.04. The molecule has 1 heteroatoms. The number of hydrogen-bond acceptors (Lipinski definition) is 0. The Bertz CT molecular complexity index is 822. The highest BCUT2D eigenvalue weighted by atomic mass is 35.5. The number of alkyl halides is 1. The molecular formula is C23H23Cl. The van der Waals surface area contributed by atoms with Crippen molar-refractivity contribution in [1.29, 1.82) is 0 Å². The Kier molecular flexibility index (Phi) is 5.37. The molecule has 0 aromatic heterocycles. The lowest BCUT2D eigenvalue weighted by atomic mass is 9.92. The van der Waals surface area contributed by atoms with Crippen molar-refractivity contribution in [3.05, 3.63) is 88.0 Å². The second-order valence-corrected chi connectivity index (χ2v) is 6.58. The fourth-order valence-electron chi connectivity index (χ4n) is 3.15. The van der Waals surface area contributed by atoms with Crippen LogP contribution in [0.4, 0.5) is 0 Å². The van der Waals surface area contributed by atoms with Gasteiger partial charge in [0.15, 0.2) is 0 Å². The van der Waals surface area contributed by atoms with Crippen LogP contribution < -0.4 is 0 Å². The van der Waals surface area contributed by atoms with Gasteiger partial charge in [-0.3, -0.25) is 0 Å². The summed E-state index contributed by atoms with van der Waals surface area (Å²) in [5.41, 5.74) is 8.95. The molecule has 0 amide bonds. The lowest BCUT2D eigenvalue weighted by Gasteiger charge is -2.12. The van der Waals surface area contributed by atoms with Crippen LogP contribution in [0.15, 0.2) is 54.6 Å². The maximum Gasteiger partial charge on any atom is 0.0474 e. The first kappa shape index (κ1) is 16.8. The van der Waals surface area contributed by atoms with E-state index < -0.39 is 0 Å². The summed E-state index contributed by atoms with van der Waals surface area (Å²) < 4.78 is 0. The molecule has 1 aliphatic rings. The van der Waals surface area contributed by atoms with Crippen molar-refractivity contribution in [1.82, 2.24) is 0 Å². The van der Waals surface area contributed by atoms with Crippen LogP contribution >= 0.6 is 11.6 Å². The van der Waals surface area contributed by atoms with Crippen LogP contribution in [-0.2, 0) is 5.88 Å². The van der Waals surface area contributed by atoms with Gasteiger partial charge < -0.3 is 0 Å². The van der Waals surface area contributed by atoms with Gasteiger partial charge in [-0.2, -0.15) is 0 Å². The lowest BCUT2D eigenvalue weighted by Crippen LogP contribution is -1.92. The standard InChI is InChI=1S/C23H23Cl/c1-17-15-19(16-24)11-12-20(17)13-14-21-9-6-10-23(18(21)2)22-7-4-3-5-8-22/h4,6-15H,3,5,16H2,1-2H3/b14-13+. The Labute approximate surface area is 150 Å². The van der Waals surface area contributed by atoms with Crippen molar-refractivity contribution in [2.75, 3.05) is 0 Å². The molecule has 0 nitrogen and oxygen atoms in total. The zero-order chi connectivity index (χ0) is 16.9. The summed E-state index contributed by atoms with van der Waals surface area (Å²) in [5, 5.41) is 0. The second-order valence-electron chi connectivity index (χ2n) is 6.32. The topological polar surface area (TPSA) is 0 Å². The molecule has 0 atom stereocenters. The summed E-state index contributed by atoms with van der Waals surface area (Å²) in [4.78, 5) is 0. The molecule has 0 aliphatic heterocycles. The molecule has 2 aromatic rings. The van der Waals surface area contributed by atoms with Crippen LogP contribution in [0.3, 0.4) is 0 Å². The molecule has 0 fully saturated rings. The zero-order valence-electron chi connectivity index (χ0n) is 14.4. The van der Waals surface area contributed by atoms with Crippen LogP contribution in [0.25, 0.3) is 17.7 Å². The fraction of sp³-hybridized carbons (Fsp3) is 0.217. The predicted octanol–water partition coefficient (Wildman–Crippen LogP) is 6.95. The SMILES string of the molecule is Cc1cc(CCl)ccc1/C=C/c1cccc(C2=CCCC=C2)c1C. The molecule has 24 heavy (non-hydrogen) atoms. The summed E-state index contributed by atoms with van der Waals surface area (Å²) in [5.74, 6) is 0.564. The summed E-state index contributed by atoms with van der Waals surface area (Å²) >= 11 is 5.91. The Morgan fingerprint density at radius 3 is 2.54 bits per heavy atom. The van der Waals surface area contributed by atoms with Crippen LogP contribution in [0.1, 0.15) is 46.2 Å². The molecule has 0 N–H and O–H groups in total. The Morgan fingerprint density at radius 2 is 1.83 bits per heavy atom. The van der Waals surface area contributed by atoms with Gasteiger partial charge in [-0.1, -0.05) is 66.8 Å². The van der Waals surface area contributed by atoms with Crippen LogP contribution in [-0.4, -0.2) is 0 Å². The Morgan fingerprint density at radius 1 is 1.00 bits per heavy atom. The summed E-state index contributed by atoms with van der Waals surface area (Å²) in [6.07, 6.45) is 13.6. The summed E-state index contributed by atoms with van der Waals surface area (Å²) in [6, 6.07) is 13.0. The summed E-state index contributed by atoms with van der Waals surface area (Å²) in [6.45, 7) is 4.35. The largest absolute Gasteiger partial charge is 0.122 e. The molecule has 0 saturated heterocycles. The number of aryl methyl sites for hydroxylation is 1. The van der Waals surface area contributed by atoms with E-state index in [9.17, 15) is 0 Å². The molecule has 0 unspecified atom stereocenters. The first-order valence-corrected chi connectivity index (χ1v) is 9.03. The smallest absolute Gasteiger partial charge is 0.0474 e. The normalized spacial score (nSPS) is 14.2. The zero-order valence-corrected chi connectivity index (χ0v) is 15.1. The van der Waals surface area contributed by atoms with Crippen molar-refractivity contribution < 1.29 is 0 Å². The maximum atomic E-state index is 5.91. The number of allylic oxidation sites excluding steroid dienone is 4. The van der Waals surface area contributed by atoms with Crippen molar-refractivity contribution in [2.45, 2.75) is 32.6 Å². The first-order chi connectivity index (χ1) is 11.7. The molecular weight excluding hydrogens is 312 g/mol. The monoisotopic (exact) mass is 334 g/mol. The van der Waals surface area contributed by atoms with E-state index in [0.717, 1.165) is 12.8 Å². The van der Waals surface area contributed by atoms with E-state index >= 15 is 0 Å². The summed E-state index contributed by atoms with van der Waals surface area (Å²) in [7, 11) is 0. The maximum absolute atomic E-state index is 5.91. The molecule has 1 aliphatic carbocycles. The van der Waals surface area contributed by atoms with Gasteiger partial charge in [0.05, 0.1) is 0 Å².